The standard InChI is InChI=1S/C25H19F3N4O7S4/c26-25(27,28)43(36,37)39-16-11-40-22-18(30-17(33)12-41-24-31-29-13-42-24)21(34)32(22)19(16)23(35)38-20(14-7-3-1-4-8-14)15-9-5-2-6-10-15/h1-10,13,18,20,22H,11-12H2,(H,30,33)/t18?,22-/m1/s1. The first-order valence-electron chi connectivity index (χ1n) is 12.1. The molecule has 2 atom stereocenters. The summed E-state index contributed by atoms with van der Waals surface area (Å²) in [4.78, 5) is 40.2. The van der Waals surface area contributed by atoms with Gasteiger partial charge in [0.15, 0.2) is 21.9 Å². The van der Waals surface area contributed by atoms with E-state index in [0.29, 0.717) is 15.5 Å². The molecule has 1 saturated heterocycles. The largest absolute Gasteiger partial charge is 0.534 e. The van der Waals surface area contributed by atoms with Crippen molar-refractivity contribution in [2.24, 2.45) is 0 Å². The van der Waals surface area contributed by atoms with E-state index in [2.05, 4.69) is 19.7 Å². The number of hydrogen-bond donors (Lipinski definition) is 1. The topological polar surface area (TPSA) is 145 Å². The number of β-lactam (4-membered cyclic amide) rings is 1. The maximum Gasteiger partial charge on any atom is 0.534 e. The molecule has 2 aliphatic heterocycles. The summed E-state index contributed by atoms with van der Waals surface area (Å²) >= 11 is 3.11. The number of carbonyl (C=O) groups excluding carboxylic acids is 3. The first-order chi connectivity index (χ1) is 20.5. The van der Waals surface area contributed by atoms with Gasteiger partial charge in [-0.3, -0.25) is 14.5 Å². The lowest BCUT2D eigenvalue weighted by atomic mass is 10.0. The predicted octanol–water partition coefficient (Wildman–Crippen LogP) is 3.44. The van der Waals surface area contributed by atoms with Crippen molar-refractivity contribution in [1.82, 2.24) is 20.4 Å². The zero-order chi connectivity index (χ0) is 30.8. The first-order valence-corrected chi connectivity index (χ1v) is 16.5. The Bertz CT molecular complexity index is 1600. The van der Waals surface area contributed by atoms with Crippen LogP contribution >= 0.6 is 34.9 Å². The van der Waals surface area contributed by atoms with Crippen molar-refractivity contribution in [3.63, 3.8) is 0 Å². The number of rotatable bonds is 10. The van der Waals surface area contributed by atoms with E-state index >= 15 is 0 Å². The smallest absolute Gasteiger partial charge is 0.448 e. The van der Waals surface area contributed by atoms with Crippen molar-refractivity contribution in [2.45, 2.75) is 27.4 Å². The van der Waals surface area contributed by atoms with E-state index in [1.54, 1.807) is 60.7 Å². The summed E-state index contributed by atoms with van der Waals surface area (Å²) in [5.41, 5.74) is -4.11. The first kappa shape index (κ1) is 30.8. The highest BCUT2D eigenvalue weighted by molar-refractivity contribution is 8.01. The predicted molar refractivity (Wildman–Crippen MR) is 150 cm³/mol. The van der Waals surface area contributed by atoms with Crippen molar-refractivity contribution in [3.8, 4) is 0 Å². The minimum atomic E-state index is -6.19. The molecule has 3 heterocycles. The molecule has 18 heteroatoms. The summed E-state index contributed by atoms with van der Waals surface area (Å²) in [5, 5.41) is 9.06. The molecule has 1 aromatic heterocycles. The molecule has 5 rings (SSSR count). The van der Waals surface area contributed by atoms with Gasteiger partial charge in [-0.15, -0.1) is 22.0 Å². The molecular weight excluding hydrogens is 654 g/mol. The zero-order valence-electron chi connectivity index (χ0n) is 21.5. The molecule has 1 N–H and O–H groups in total. The Morgan fingerprint density at radius 2 is 1.72 bits per heavy atom. The van der Waals surface area contributed by atoms with Crippen molar-refractivity contribution >= 4 is 62.8 Å². The van der Waals surface area contributed by atoms with Crippen LogP contribution in [-0.2, 0) is 33.4 Å². The van der Waals surface area contributed by atoms with Gasteiger partial charge in [-0.1, -0.05) is 83.8 Å². The molecule has 0 bridgehead atoms. The lowest BCUT2D eigenvalue weighted by Crippen LogP contribution is -2.70. The maximum atomic E-state index is 13.7. The Morgan fingerprint density at radius 3 is 2.28 bits per heavy atom. The van der Waals surface area contributed by atoms with Gasteiger partial charge in [-0.2, -0.15) is 21.6 Å². The van der Waals surface area contributed by atoms with E-state index < -0.39 is 68.1 Å². The lowest BCUT2D eigenvalue weighted by Gasteiger charge is -2.49. The van der Waals surface area contributed by atoms with Crippen LogP contribution in [0.25, 0.3) is 0 Å². The Hall–Kier alpha value is -3.61. The summed E-state index contributed by atoms with van der Waals surface area (Å²) < 4.78 is 74.1. The molecule has 2 aromatic carbocycles. The van der Waals surface area contributed by atoms with Crippen LogP contribution < -0.4 is 5.32 Å². The van der Waals surface area contributed by atoms with E-state index in [4.69, 9.17) is 4.74 Å². The number of ether oxygens (including phenoxy) is 1. The van der Waals surface area contributed by atoms with Gasteiger partial charge in [0.2, 0.25) is 5.91 Å². The van der Waals surface area contributed by atoms with Gasteiger partial charge in [-0.05, 0) is 11.1 Å². The minimum Gasteiger partial charge on any atom is -0.448 e. The molecular formula is C25H19F3N4O7S4. The van der Waals surface area contributed by atoms with Crippen LogP contribution in [0.1, 0.15) is 17.2 Å². The van der Waals surface area contributed by atoms with Crippen LogP contribution in [0.15, 0.2) is 82.0 Å². The number of thioether (sulfide) groups is 2. The number of nitrogens with zero attached hydrogens (tertiary/aromatic N) is 3. The molecule has 2 aliphatic rings. The average Bonchev–Trinajstić information content (AvgIpc) is 3.51. The molecule has 0 spiro atoms. The van der Waals surface area contributed by atoms with Crippen LogP contribution in [0.5, 0.6) is 0 Å². The van der Waals surface area contributed by atoms with Gasteiger partial charge in [0, 0.05) is 0 Å². The Balaban J connectivity index is 1.43. The third-order valence-electron chi connectivity index (χ3n) is 6.03. The van der Waals surface area contributed by atoms with Crippen LogP contribution in [0.4, 0.5) is 13.2 Å². The molecule has 11 nitrogen and oxygen atoms in total. The molecule has 0 saturated carbocycles. The van der Waals surface area contributed by atoms with Gasteiger partial charge in [0.25, 0.3) is 5.91 Å². The number of esters is 1. The second kappa shape index (κ2) is 12.6. The summed E-state index contributed by atoms with van der Waals surface area (Å²) in [6, 6.07) is 15.7. The summed E-state index contributed by atoms with van der Waals surface area (Å²) in [6.07, 6.45) is -1.07. The Morgan fingerprint density at radius 1 is 1.09 bits per heavy atom. The molecule has 1 fully saturated rings. The lowest BCUT2D eigenvalue weighted by molar-refractivity contribution is -0.155. The maximum absolute atomic E-state index is 13.7. The van der Waals surface area contributed by atoms with Crippen LogP contribution in [0.3, 0.4) is 0 Å². The highest BCUT2D eigenvalue weighted by Crippen LogP contribution is 2.43. The molecule has 226 valence electrons. The van der Waals surface area contributed by atoms with Gasteiger partial charge in [0.05, 0.1) is 11.5 Å². The summed E-state index contributed by atoms with van der Waals surface area (Å²) in [5.74, 6) is -4.26. The third kappa shape index (κ3) is 6.66. The van der Waals surface area contributed by atoms with E-state index in [9.17, 15) is 36.0 Å². The van der Waals surface area contributed by atoms with Gasteiger partial charge in [0.1, 0.15) is 16.9 Å². The molecule has 43 heavy (non-hydrogen) atoms. The van der Waals surface area contributed by atoms with E-state index in [1.807, 2.05) is 0 Å². The summed E-state index contributed by atoms with van der Waals surface area (Å²) in [6.45, 7) is 0. The molecule has 1 unspecified atom stereocenters. The number of alkyl halides is 3. The fourth-order valence-corrected chi connectivity index (χ4v) is 7.26. The minimum absolute atomic E-state index is 0.102. The number of halogens is 3. The fraction of sp³-hybridized carbons (Fsp3) is 0.240. The molecule has 3 aromatic rings. The number of aromatic nitrogens is 2. The molecule has 0 radical (unpaired) electrons. The number of benzene rings is 2. The van der Waals surface area contributed by atoms with Crippen molar-refractivity contribution < 1.29 is 44.9 Å². The third-order valence-corrected chi connectivity index (χ3v) is 10.1. The molecule has 2 amide bonds. The number of carbonyl (C=O) groups is 3. The number of nitrogens with one attached hydrogen (secondary N) is 1. The van der Waals surface area contributed by atoms with Crippen molar-refractivity contribution in [2.75, 3.05) is 11.5 Å². The van der Waals surface area contributed by atoms with E-state index in [0.717, 1.165) is 28.4 Å². The summed E-state index contributed by atoms with van der Waals surface area (Å²) in [7, 11) is -6.19. The number of hydrogen-bond acceptors (Lipinski definition) is 12. The SMILES string of the molecule is O=C(CSc1nncs1)NC1C(=O)N2C(C(=O)OC(c3ccccc3)c3ccccc3)=C(OS(=O)(=O)C(F)(F)F)CS[C@H]12. The Labute approximate surface area is 255 Å². The van der Waals surface area contributed by atoms with Gasteiger partial charge < -0.3 is 14.2 Å². The van der Waals surface area contributed by atoms with Gasteiger partial charge in [-0.25, -0.2) is 4.79 Å². The number of fused-ring (bicyclic) bond motifs is 1. The quantitative estimate of drug-likeness (QED) is 0.111. The highest BCUT2D eigenvalue weighted by atomic mass is 32.2. The second-order valence-electron chi connectivity index (χ2n) is 8.81. The fourth-order valence-electron chi connectivity index (χ4n) is 4.14. The number of amides is 2. The van der Waals surface area contributed by atoms with Crippen molar-refractivity contribution in [3.05, 3.63) is 88.8 Å². The van der Waals surface area contributed by atoms with E-state index in [1.165, 1.54) is 16.8 Å². The van der Waals surface area contributed by atoms with E-state index in [-0.39, 0.29) is 5.75 Å². The van der Waals surface area contributed by atoms with Gasteiger partial charge >= 0.3 is 21.6 Å². The van der Waals surface area contributed by atoms with Crippen molar-refractivity contribution in [1.29, 1.82) is 0 Å². The highest BCUT2D eigenvalue weighted by Gasteiger charge is 2.57. The van der Waals surface area contributed by atoms with Crippen LogP contribution in [0.2, 0.25) is 0 Å². The monoisotopic (exact) mass is 672 g/mol. The zero-order valence-corrected chi connectivity index (χ0v) is 24.7. The van der Waals surface area contributed by atoms with Crippen LogP contribution in [-0.4, -0.2) is 69.7 Å². The Kier molecular flexibility index (Phi) is 9.00. The second-order valence-corrected chi connectivity index (χ2v) is 13.5. The normalized spacial score (nSPS) is 18.6. The molecule has 0 aliphatic carbocycles. The van der Waals surface area contributed by atoms with Crippen LogP contribution in [0, 0.1) is 0 Å². The average molecular weight is 673 g/mol.